The van der Waals surface area contributed by atoms with E-state index in [0.717, 1.165) is 44.9 Å². The van der Waals surface area contributed by atoms with Gasteiger partial charge in [0.1, 0.15) is 5.82 Å². The van der Waals surface area contributed by atoms with Crippen LogP contribution in [0, 0.1) is 6.92 Å². The number of anilines is 2. The first kappa shape index (κ1) is 17.5. The monoisotopic (exact) mass is 414 g/mol. The SMILES string of the molecule is CCN1C(=O)C2(Nc3ccccc3-c3nc4ccccc4n32)c2c(Cl)ccc(C)c21. The van der Waals surface area contributed by atoms with Crippen LogP contribution in [0.2, 0.25) is 5.02 Å². The number of amides is 1. The molecule has 2 aliphatic heterocycles. The van der Waals surface area contributed by atoms with E-state index in [1.807, 2.05) is 84.0 Å². The van der Waals surface area contributed by atoms with E-state index < -0.39 is 5.66 Å². The van der Waals surface area contributed by atoms with E-state index in [4.69, 9.17) is 16.6 Å². The maximum atomic E-state index is 14.1. The zero-order valence-corrected chi connectivity index (χ0v) is 17.4. The number of rotatable bonds is 1. The van der Waals surface area contributed by atoms with E-state index in [1.54, 1.807) is 0 Å². The zero-order chi connectivity index (χ0) is 20.6. The van der Waals surface area contributed by atoms with Crippen LogP contribution in [0.4, 0.5) is 11.4 Å². The van der Waals surface area contributed by atoms with Gasteiger partial charge in [0.25, 0.3) is 5.91 Å². The molecule has 0 bridgehead atoms. The first-order valence-corrected chi connectivity index (χ1v) is 10.4. The van der Waals surface area contributed by atoms with E-state index in [0.29, 0.717) is 11.6 Å². The van der Waals surface area contributed by atoms with Crippen LogP contribution < -0.4 is 10.2 Å². The van der Waals surface area contributed by atoms with Crippen molar-refractivity contribution in [3.63, 3.8) is 0 Å². The number of hydrogen-bond acceptors (Lipinski definition) is 3. The fourth-order valence-corrected chi connectivity index (χ4v) is 5.26. The average molecular weight is 415 g/mol. The van der Waals surface area contributed by atoms with Gasteiger partial charge in [-0.1, -0.05) is 41.9 Å². The summed E-state index contributed by atoms with van der Waals surface area (Å²) >= 11 is 6.81. The lowest BCUT2D eigenvalue weighted by molar-refractivity contribution is -0.123. The van der Waals surface area contributed by atoms with Gasteiger partial charge in [-0.25, -0.2) is 4.98 Å². The van der Waals surface area contributed by atoms with Crippen molar-refractivity contribution in [2.24, 2.45) is 0 Å². The van der Waals surface area contributed by atoms with Crippen LogP contribution in [0.1, 0.15) is 18.1 Å². The molecule has 3 heterocycles. The van der Waals surface area contributed by atoms with Crippen LogP contribution in [0.15, 0.2) is 60.7 Å². The molecule has 1 aromatic heterocycles. The fourth-order valence-electron chi connectivity index (χ4n) is 4.98. The number of imidazole rings is 1. The van der Waals surface area contributed by atoms with Crippen LogP contribution in [-0.2, 0) is 10.5 Å². The standard InChI is InChI=1S/C24H19ClN4O/c1-3-28-21-14(2)12-13-16(25)20(21)24(23(28)30)27-17-9-5-4-8-15(17)22-26-18-10-6-7-11-19(18)29(22)24/h4-13,27H,3H2,1-2H3. The Morgan fingerprint density at radius 2 is 1.83 bits per heavy atom. The Kier molecular flexibility index (Phi) is 3.43. The lowest BCUT2D eigenvalue weighted by atomic mass is 9.94. The minimum atomic E-state index is -1.19. The molecule has 1 amide bonds. The third kappa shape index (κ3) is 1.93. The summed E-state index contributed by atoms with van der Waals surface area (Å²) in [7, 11) is 0. The number of carbonyl (C=O) groups excluding carboxylic acids is 1. The molecule has 1 spiro atoms. The number of hydrogen-bond donors (Lipinski definition) is 1. The van der Waals surface area contributed by atoms with Gasteiger partial charge in [-0.15, -0.1) is 0 Å². The Hall–Kier alpha value is -3.31. The zero-order valence-electron chi connectivity index (χ0n) is 16.6. The van der Waals surface area contributed by atoms with Crippen molar-refractivity contribution in [3.8, 4) is 11.4 Å². The molecular weight excluding hydrogens is 396 g/mol. The first-order chi connectivity index (χ1) is 14.6. The quantitative estimate of drug-likeness (QED) is 0.468. The topological polar surface area (TPSA) is 50.2 Å². The molecule has 0 aliphatic carbocycles. The molecule has 5 nitrogen and oxygen atoms in total. The van der Waals surface area contributed by atoms with Crippen LogP contribution in [0.3, 0.4) is 0 Å². The molecular formula is C24H19ClN4O. The van der Waals surface area contributed by atoms with Crippen molar-refractivity contribution >= 4 is 39.9 Å². The minimum absolute atomic E-state index is 0.0462. The van der Waals surface area contributed by atoms with Crippen molar-refractivity contribution < 1.29 is 4.79 Å². The van der Waals surface area contributed by atoms with Crippen molar-refractivity contribution in [1.29, 1.82) is 0 Å². The van der Waals surface area contributed by atoms with Gasteiger partial charge in [-0.05, 0) is 49.7 Å². The number of likely N-dealkylation sites (N-methyl/N-ethyl adjacent to an activating group) is 1. The number of aryl methyl sites for hydroxylation is 1. The van der Waals surface area contributed by atoms with E-state index >= 15 is 0 Å². The number of nitrogens with zero attached hydrogens (tertiary/aromatic N) is 3. The number of aromatic nitrogens is 2. The molecule has 1 unspecified atom stereocenters. The number of halogens is 1. The summed E-state index contributed by atoms with van der Waals surface area (Å²) in [4.78, 5) is 20.9. The lowest BCUT2D eigenvalue weighted by Gasteiger charge is -2.38. The van der Waals surface area contributed by atoms with E-state index in [2.05, 4.69) is 5.32 Å². The number of para-hydroxylation sites is 3. The second-order valence-corrected chi connectivity index (χ2v) is 8.19. The molecule has 1 atom stereocenters. The lowest BCUT2D eigenvalue weighted by Crippen LogP contribution is -2.53. The number of carbonyl (C=O) groups is 1. The third-order valence-corrected chi connectivity index (χ3v) is 6.53. The molecule has 6 rings (SSSR count). The summed E-state index contributed by atoms with van der Waals surface area (Å²) in [6.07, 6.45) is 0. The average Bonchev–Trinajstić information content (AvgIpc) is 3.27. The van der Waals surface area contributed by atoms with Crippen molar-refractivity contribution in [3.05, 3.63) is 76.8 Å². The molecule has 6 heteroatoms. The molecule has 3 aromatic carbocycles. The van der Waals surface area contributed by atoms with Crippen LogP contribution in [0.5, 0.6) is 0 Å². The van der Waals surface area contributed by atoms with Crippen LogP contribution in [-0.4, -0.2) is 22.0 Å². The second kappa shape index (κ2) is 5.86. The summed E-state index contributed by atoms with van der Waals surface area (Å²) in [6, 6.07) is 19.8. The van der Waals surface area contributed by atoms with Crippen molar-refractivity contribution in [1.82, 2.24) is 9.55 Å². The van der Waals surface area contributed by atoms with Gasteiger partial charge in [-0.3, -0.25) is 9.36 Å². The molecule has 0 saturated carbocycles. The Bertz CT molecular complexity index is 1380. The van der Waals surface area contributed by atoms with E-state index in [-0.39, 0.29) is 5.91 Å². The van der Waals surface area contributed by atoms with Gasteiger partial charge in [0.15, 0.2) is 0 Å². The molecule has 1 N–H and O–H groups in total. The van der Waals surface area contributed by atoms with Gasteiger partial charge in [0.2, 0.25) is 5.66 Å². The highest BCUT2D eigenvalue weighted by atomic mass is 35.5. The molecule has 0 saturated heterocycles. The van der Waals surface area contributed by atoms with Gasteiger partial charge < -0.3 is 10.2 Å². The van der Waals surface area contributed by atoms with Gasteiger partial charge >= 0.3 is 0 Å². The van der Waals surface area contributed by atoms with Crippen molar-refractivity contribution in [2.75, 3.05) is 16.8 Å². The van der Waals surface area contributed by atoms with E-state index in [1.165, 1.54) is 0 Å². The van der Waals surface area contributed by atoms with E-state index in [9.17, 15) is 4.79 Å². The summed E-state index contributed by atoms with van der Waals surface area (Å²) < 4.78 is 2.03. The van der Waals surface area contributed by atoms with Crippen molar-refractivity contribution in [2.45, 2.75) is 19.5 Å². The Morgan fingerprint density at radius 3 is 2.67 bits per heavy atom. The highest BCUT2D eigenvalue weighted by Crippen LogP contribution is 2.53. The van der Waals surface area contributed by atoms with Gasteiger partial charge in [0, 0.05) is 17.8 Å². The fraction of sp³-hybridized carbons (Fsp3) is 0.167. The van der Waals surface area contributed by atoms with Gasteiger partial charge in [-0.2, -0.15) is 0 Å². The van der Waals surface area contributed by atoms with Crippen LogP contribution in [0.25, 0.3) is 22.4 Å². The number of fused-ring (bicyclic) bond motifs is 8. The number of nitrogens with one attached hydrogen (secondary N) is 1. The smallest absolute Gasteiger partial charge is 0.279 e. The summed E-state index contributed by atoms with van der Waals surface area (Å²) in [5, 5.41) is 4.16. The Morgan fingerprint density at radius 1 is 1.07 bits per heavy atom. The Labute approximate surface area is 178 Å². The molecule has 4 aromatic rings. The molecule has 0 radical (unpaired) electrons. The molecule has 148 valence electrons. The molecule has 0 fully saturated rings. The molecule has 30 heavy (non-hydrogen) atoms. The second-order valence-electron chi connectivity index (χ2n) is 7.78. The third-order valence-electron chi connectivity index (χ3n) is 6.21. The first-order valence-electron chi connectivity index (χ1n) is 10.0. The largest absolute Gasteiger partial charge is 0.350 e. The number of benzene rings is 3. The predicted octanol–water partition coefficient (Wildman–Crippen LogP) is 5.16. The maximum Gasteiger partial charge on any atom is 0.279 e. The minimum Gasteiger partial charge on any atom is -0.350 e. The summed E-state index contributed by atoms with van der Waals surface area (Å²) in [5.41, 5.74) is 5.08. The van der Waals surface area contributed by atoms with Crippen LogP contribution >= 0.6 is 11.6 Å². The summed E-state index contributed by atoms with van der Waals surface area (Å²) in [6.45, 7) is 4.57. The molecule has 2 aliphatic rings. The van der Waals surface area contributed by atoms with Gasteiger partial charge in [0.05, 0.1) is 27.3 Å². The predicted molar refractivity (Wildman–Crippen MR) is 120 cm³/mol. The normalized spacial score (nSPS) is 19.0. The highest BCUT2D eigenvalue weighted by molar-refractivity contribution is 6.33. The Balaban J connectivity index is 1.82. The maximum absolute atomic E-state index is 14.1. The summed E-state index contributed by atoms with van der Waals surface area (Å²) in [5.74, 6) is 0.718. The highest BCUT2D eigenvalue weighted by Gasteiger charge is 2.57.